The molecule has 1 aromatic heterocycles. The number of hydrogen-bond acceptors (Lipinski definition) is 5. The third-order valence-corrected chi connectivity index (χ3v) is 5.57. The zero-order valence-corrected chi connectivity index (χ0v) is 17.1. The molecule has 0 saturated carbocycles. The number of benzene rings is 1. The van der Waals surface area contributed by atoms with Gasteiger partial charge in [0.05, 0.1) is 11.3 Å². The molecule has 0 radical (unpaired) electrons. The summed E-state index contributed by atoms with van der Waals surface area (Å²) in [7, 11) is 0. The van der Waals surface area contributed by atoms with Crippen LogP contribution in [-0.2, 0) is 11.0 Å². The van der Waals surface area contributed by atoms with E-state index in [2.05, 4.69) is 34.0 Å². The van der Waals surface area contributed by atoms with Crippen LogP contribution in [0, 0.1) is 11.8 Å². The number of aromatic nitrogens is 2. The van der Waals surface area contributed by atoms with Gasteiger partial charge in [0.1, 0.15) is 17.2 Å². The van der Waals surface area contributed by atoms with Crippen molar-refractivity contribution in [1.29, 1.82) is 0 Å². The topological polar surface area (TPSA) is 58.1 Å². The van der Waals surface area contributed by atoms with Crippen molar-refractivity contribution in [2.45, 2.75) is 31.5 Å². The van der Waals surface area contributed by atoms with Crippen LogP contribution in [0.4, 0.5) is 24.7 Å². The van der Waals surface area contributed by atoms with Gasteiger partial charge in [-0.1, -0.05) is 31.7 Å². The number of thioether (sulfide) groups is 1. The van der Waals surface area contributed by atoms with Gasteiger partial charge in [0.15, 0.2) is 0 Å². The van der Waals surface area contributed by atoms with Gasteiger partial charge in [0, 0.05) is 24.8 Å². The Labute approximate surface area is 172 Å². The Hall–Kier alpha value is -2.29. The number of carbonyl (C=O) groups excluding carboxylic acids is 1. The lowest BCUT2D eigenvalue weighted by molar-refractivity contribution is -0.137. The molecule has 3 rings (SSSR count). The van der Waals surface area contributed by atoms with E-state index in [-0.39, 0.29) is 11.4 Å². The van der Waals surface area contributed by atoms with E-state index in [4.69, 9.17) is 0 Å². The van der Waals surface area contributed by atoms with Crippen LogP contribution >= 0.6 is 11.8 Å². The van der Waals surface area contributed by atoms with Crippen LogP contribution in [0.3, 0.4) is 0 Å². The molecule has 9 heteroatoms. The average molecular weight is 424 g/mol. The molecule has 0 bridgehead atoms. The second kappa shape index (κ2) is 9.02. The number of alkyl halides is 3. The van der Waals surface area contributed by atoms with Crippen molar-refractivity contribution >= 4 is 29.2 Å². The van der Waals surface area contributed by atoms with Crippen molar-refractivity contribution in [3.63, 3.8) is 0 Å². The molecule has 5 nitrogen and oxygen atoms in total. The Kier molecular flexibility index (Phi) is 6.66. The van der Waals surface area contributed by atoms with Crippen LogP contribution in [0.5, 0.6) is 0 Å². The van der Waals surface area contributed by atoms with Gasteiger partial charge in [-0.05, 0) is 36.5 Å². The van der Waals surface area contributed by atoms with Gasteiger partial charge in [-0.25, -0.2) is 9.97 Å². The Bertz CT molecular complexity index is 852. The molecule has 156 valence electrons. The third kappa shape index (κ3) is 6.09. The number of piperidine rings is 1. The van der Waals surface area contributed by atoms with E-state index >= 15 is 0 Å². The maximum atomic E-state index is 12.8. The summed E-state index contributed by atoms with van der Waals surface area (Å²) in [4.78, 5) is 22.9. The summed E-state index contributed by atoms with van der Waals surface area (Å²) in [6, 6.07) is 6.44. The summed E-state index contributed by atoms with van der Waals surface area (Å²) < 4.78 is 38.3. The SMILES string of the molecule is CC1CC(C)CN(c2cc(SCC(=O)Nc3cccc(C(F)(F)F)c3)ncn2)C1. The molecular formula is C20H23F3N4OS. The van der Waals surface area contributed by atoms with Gasteiger partial charge < -0.3 is 10.2 Å². The Morgan fingerprint density at radius 3 is 2.62 bits per heavy atom. The number of amides is 1. The van der Waals surface area contributed by atoms with Crippen molar-refractivity contribution in [3.05, 3.63) is 42.2 Å². The molecular weight excluding hydrogens is 401 g/mol. The third-order valence-electron chi connectivity index (χ3n) is 4.65. The normalized spacial score (nSPS) is 19.8. The first-order valence-electron chi connectivity index (χ1n) is 9.37. The quantitative estimate of drug-likeness (QED) is 0.557. The molecule has 2 unspecified atom stereocenters. The molecule has 2 aromatic rings. The summed E-state index contributed by atoms with van der Waals surface area (Å²) in [5.74, 6) is 1.65. The fraction of sp³-hybridized carbons (Fsp3) is 0.450. The van der Waals surface area contributed by atoms with E-state index in [9.17, 15) is 18.0 Å². The molecule has 1 aliphatic rings. The number of nitrogens with one attached hydrogen (secondary N) is 1. The number of rotatable bonds is 5. The van der Waals surface area contributed by atoms with Crippen molar-refractivity contribution in [1.82, 2.24) is 9.97 Å². The average Bonchev–Trinajstić information content (AvgIpc) is 2.65. The summed E-state index contributed by atoms with van der Waals surface area (Å²) in [6.45, 7) is 6.30. The fourth-order valence-corrected chi connectivity index (χ4v) is 4.20. The number of anilines is 2. The van der Waals surface area contributed by atoms with Crippen molar-refractivity contribution < 1.29 is 18.0 Å². The van der Waals surface area contributed by atoms with E-state index in [1.165, 1.54) is 36.6 Å². The van der Waals surface area contributed by atoms with Gasteiger partial charge in [0.2, 0.25) is 5.91 Å². The lowest BCUT2D eigenvalue weighted by atomic mass is 9.92. The highest BCUT2D eigenvalue weighted by Crippen LogP contribution is 2.31. The van der Waals surface area contributed by atoms with Crippen LogP contribution in [0.25, 0.3) is 0 Å². The van der Waals surface area contributed by atoms with E-state index in [0.29, 0.717) is 16.9 Å². The predicted molar refractivity (Wildman–Crippen MR) is 108 cm³/mol. The zero-order chi connectivity index (χ0) is 21.0. The minimum absolute atomic E-state index is 0.0412. The molecule has 1 fully saturated rings. The summed E-state index contributed by atoms with van der Waals surface area (Å²) in [6.07, 6.45) is -1.78. The van der Waals surface area contributed by atoms with Gasteiger partial charge in [-0.2, -0.15) is 13.2 Å². The fourth-order valence-electron chi connectivity index (χ4n) is 3.54. The molecule has 1 N–H and O–H groups in total. The van der Waals surface area contributed by atoms with E-state index in [1.54, 1.807) is 0 Å². The number of hydrogen-bond donors (Lipinski definition) is 1. The molecule has 29 heavy (non-hydrogen) atoms. The maximum absolute atomic E-state index is 12.8. The lowest BCUT2D eigenvalue weighted by Crippen LogP contribution is -2.39. The number of halogens is 3. The minimum atomic E-state index is -4.45. The standard InChI is InChI=1S/C20H23F3N4OS/c1-13-6-14(2)10-27(9-13)17-8-19(25-12-24-17)29-11-18(28)26-16-5-3-4-15(7-16)20(21,22)23/h3-5,7-8,12-14H,6,9-11H2,1-2H3,(H,26,28). The van der Waals surface area contributed by atoms with Crippen LogP contribution < -0.4 is 10.2 Å². The molecule has 2 heterocycles. The smallest absolute Gasteiger partial charge is 0.356 e. The Morgan fingerprint density at radius 1 is 1.21 bits per heavy atom. The second-order valence-electron chi connectivity index (χ2n) is 7.48. The van der Waals surface area contributed by atoms with E-state index < -0.39 is 17.6 Å². The molecule has 1 amide bonds. The minimum Gasteiger partial charge on any atom is -0.356 e. The summed E-state index contributed by atoms with van der Waals surface area (Å²) in [5.41, 5.74) is -0.682. The Balaban J connectivity index is 1.58. The van der Waals surface area contributed by atoms with Gasteiger partial charge in [-0.15, -0.1) is 0 Å². The van der Waals surface area contributed by atoms with Crippen LogP contribution in [0.15, 0.2) is 41.7 Å². The van der Waals surface area contributed by atoms with E-state index in [1.807, 2.05) is 6.07 Å². The van der Waals surface area contributed by atoms with E-state index in [0.717, 1.165) is 31.0 Å². The van der Waals surface area contributed by atoms with Gasteiger partial charge in [-0.3, -0.25) is 4.79 Å². The highest BCUT2D eigenvalue weighted by molar-refractivity contribution is 7.99. The zero-order valence-electron chi connectivity index (χ0n) is 16.2. The molecule has 1 aromatic carbocycles. The molecule has 1 aliphatic heterocycles. The molecule has 0 aliphatic carbocycles. The summed E-state index contributed by atoms with van der Waals surface area (Å²) >= 11 is 1.23. The predicted octanol–water partition coefficient (Wildman–Crippen LogP) is 4.71. The maximum Gasteiger partial charge on any atom is 0.416 e. The first-order valence-corrected chi connectivity index (χ1v) is 10.4. The monoisotopic (exact) mass is 424 g/mol. The number of nitrogens with zero attached hydrogens (tertiary/aromatic N) is 3. The first-order chi connectivity index (χ1) is 13.7. The van der Waals surface area contributed by atoms with Crippen molar-refractivity contribution in [2.24, 2.45) is 11.8 Å². The largest absolute Gasteiger partial charge is 0.416 e. The highest BCUT2D eigenvalue weighted by atomic mass is 32.2. The number of carbonyl (C=O) groups is 1. The van der Waals surface area contributed by atoms with Crippen LogP contribution in [0.2, 0.25) is 0 Å². The van der Waals surface area contributed by atoms with Crippen molar-refractivity contribution in [2.75, 3.05) is 29.1 Å². The summed E-state index contributed by atoms with van der Waals surface area (Å²) in [5, 5.41) is 3.15. The van der Waals surface area contributed by atoms with Crippen molar-refractivity contribution in [3.8, 4) is 0 Å². The molecule has 1 saturated heterocycles. The van der Waals surface area contributed by atoms with Gasteiger partial charge >= 0.3 is 6.18 Å². The Morgan fingerprint density at radius 2 is 1.93 bits per heavy atom. The van der Waals surface area contributed by atoms with Crippen LogP contribution in [0.1, 0.15) is 25.8 Å². The lowest BCUT2D eigenvalue weighted by Gasteiger charge is -2.35. The second-order valence-corrected chi connectivity index (χ2v) is 8.48. The molecule has 2 atom stereocenters. The molecule has 0 spiro atoms. The van der Waals surface area contributed by atoms with Gasteiger partial charge in [0.25, 0.3) is 0 Å². The first kappa shape index (κ1) is 21.4. The van der Waals surface area contributed by atoms with Crippen LogP contribution in [-0.4, -0.2) is 34.7 Å². The highest BCUT2D eigenvalue weighted by Gasteiger charge is 2.30.